The standard InChI is InChI=1S/C14H21NO3/c1-9-6-10(2)12(14(18-5)11(9)3)7-15(4)13(17)8-16/h6,16H,7-8H2,1-5H3. The van der Waals surface area contributed by atoms with Crippen molar-refractivity contribution < 1.29 is 14.6 Å². The molecule has 0 aromatic heterocycles. The minimum absolute atomic E-state index is 0.297. The zero-order valence-corrected chi connectivity index (χ0v) is 11.7. The molecule has 0 aliphatic carbocycles. The van der Waals surface area contributed by atoms with Gasteiger partial charge in [0.2, 0.25) is 5.91 Å². The van der Waals surface area contributed by atoms with E-state index in [1.165, 1.54) is 10.5 Å². The Labute approximate surface area is 108 Å². The molecule has 0 fully saturated rings. The molecule has 4 nitrogen and oxygen atoms in total. The number of amides is 1. The average Bonchev–Trinajstić information content (AvgIpc) is 2.35. The van der Waals surface area contributed by atoms with Crippen molar-refractivity contribution in [1.82, 2.24) is 4.90 Å². The minimum Gasteiger partial charge on any atom is -0.496 e. The van der Waals surface area contributed by atoms with E-state index >= 15 is 0 Å². The summed E-state index contributed by atoms with van der Waals surface area (Å²) in [7, 11) is 3.31. The molecule has 1 rings (SSSR count). The summed E-state index contributed by atoms with van der Waals surface area (Å²) in [5.41, 5.74) is 4.34. The first-order valence-corrected chi connectivity index (χ1v) is 5.90. The number of likely N-dealkylation sites (N-methyl/N-ethyl adjacent to an activating group) is 1. The van der Waals surface area contributed by atoms with Crippen LogP contribution in [0.1, 0.15) is 22.3 Å². The zero-order valence-electron chi connectivity index (χ0n) is 11.7. The van der Waals surface area contributed by atoms with Gasteiger partial charge in [0.25, 0.3) is 0 Å². The molecular weight excluding hydrogens is 230 g/mol. The predicted molar refractivity (Wildman–Crippen MR) is 70.8 cm³/mol. The fraction of sp³-hybridized carbons (Fsp3) is 0.500. The number of carbonyl (C=O) groups is 1. The van der Waals surface area contributed by atoms with Crippen LogP contribution in [0, 0.1) is 20.8 Å². The highest BCUT2D eigenvalue weighted by atomic mass is 16.5. The molecule has 0 spiro atoms. The zero-order chi connectivity index (χ0) is 13.9. The van der Waals surface area contributed by atoms with Crippen molar-refractivity contribution in [2.45, 2.75) is 27.3 Å². The molecule has 1 aromatic carbocycles. The van der Waals surface area contributed by atoms with Crippen LogP contribution >= 0.6 is 0 Å². The van der Waals surface area contributed by atoms with E-state index in [9.17, 15) is 4.79 Å². The maximum atomic E-state index is 11.4. The first-order chi connectivity index (χ1) is 8.42. The van der Waals surface area contributed by atoms with Gasteiger partial charge in [0, 0.05) is 19.2 Å². The van der Waals surface area contributed by atoms with Crippen molar-refractivity contribution in [1.29, 1.82) is 0 Å². The van der Waals surface area contributed by atoms with E-state index in [2.05, 4.69) is 6.07 Å². The van der Waals surface area contributed by atoms with Crippen molar-refractivity contribution in [3.8, 4) is 5.75 Å². The minimum atomic E-state index is -0.470. The molecule has 4 heteroatoms. The number of nitrogens with zero attached hydrogens (tertiary/aromatic N) is 1. The number of aliphatic hydroxyl groups excluding tert-OH is 1. The lowest BCUT2D eigenvalue weighted by Gasteiger charge is -2.21. The molecule has 18 heavy (non-hydrogen) atoms. The molecule has 0 aliphatic heterocycles. The maximum absolute atomic E-state index is 11.4. The Morgan fingerprint density at radius 1 is 1.33 bits per heavy atom. The van der Waals surface area contributed by atoms with Crippen LogP contribution in [0.15, 0.2) is 6.07 Å². The third-order valence-electron chi connectivity index (χ3n) is 3.28. The van der Waals surface area contributed by atoms with Gasteiger partial charge in [-0.05, 0) is 37.5 Å². The van der Waals surface area contributed by atoms with E-state index in [1.807, 2.05) is 20.8 Å². The molecule has 100 valence electrons. The van der Waals surface area contributed by atoms with Crippen LogP contribution < -0.4 is 4.74 Å². The van der Waals surface area contributed by atoms with Gasteiger partial charge < -0.3 is 14.7 Å². The molecule has 0 atom stereocenters. The van der Waals surface area contributed by atoms with Crippen LogP contribution in [-0.2, 0) is 11.3 Å². The predicted octanol–water partition coefficient (Wildman–Crippen LogP) is 1.57. The molecule has 0 radical (unpaired) electrons. The second-order valence-corrected chi connectivity index (χ2v) is 4.56. The Bertz CT molecular complexity index is 455. The Kier molecular flexibility index (Phi) is 4.73. The molecule has 0 heterocycles. The van der Waals surface area contributed by atoms with E-state index in [0.29, 0.717) is 6.54 Å². The van der Waals surface area contributed by atoms with Crippen LogP contribution in [0.3, 0.4) is 0 Å². The van der Waals surface area contributed by atoms with Crippen LogP contribution in [0.4, 0.5) is 0 Å². The SMILES string of the molecule is COc1c(C)c(C)cc(C)c1CN(C)C(=O)CO. The van der Waals surface area contributed by atoms with E-state index in [-0.39, 0.29) is 5.91 Å². The summed E-state index contributed by atoms with van der Waals surface area (Å²) >= 11 is 0. The Morgan fingerprint density at radius 2 is 1.94 bits per heavy atom. The lowest BCUT2D eigenvalue weighted by molar-refractivity contribution is -0.133. The number of hydrogen-bond donors (Lipinski definition) is 1. The quantitative estimate of drug-likeness (QED) is 0.883. The van der Waals surface area contributed by atoms with Crippen molar-refractivity contribution in [3.63, 3.8) is 0 Å². The second kappa shape index (κ2) is 5.87. The van der Waals surface area contributed by atoms with Crippen LogP contribution in [0.2, 0.25) is 0 Å². The number of ether oxygens (including phenoxy) is 1. The fourth-order valence-electron chi connectivity index (χ4n) is 2.02. The summed E-state index contributed by atoms with van der Waals surface area (Å²) in [5.74, 6) is 0.528. The Balaban J connectivity index is 3.16. The van der Waals surface area contributed by atoms with Crippen LogP contribution in [0.5, 0.6) is 5.75 Å². The van der Waals surface area contributed by atoms with Crippen molar-refractivity contribution in [2.75, 3.05) is 20.8 Å². The second-order valence-electron chi connectivity index (χ2n) is 4.56. The van der Waals surface area contributed by atoms with Gasteiger partial charge in [-0.1, -0.05) is 6.07 Å². The van der Waals surface area contributed by atoms with E-state index in [0.717, 1.165) is 22.4 Å². The van der Waals surface area contributed by atoms with Gasteiger partial charge in [-0.15, -0.1) is 0 Å². The highest BCUT2D eigenvalue weighted by Gasteiger charge is 2.16. The molecule has 0 aliphatic rings. The van der Waals surface area contributed by atoms with Gasteiger partial charge >= 0.3 is 0 Å². The Hall–Kier alpha value is -1.55. The summed E-state index contributed by atoms with van der Waals surface area (Å²) in [6, 6.07) is 2.09. The van der Waals surface area contributed by atoms with Crippen LogP contribution in [-0.4, -0.2) is 36.7 Å². The third-order valence-corrected chi connectivity index (χ3v) is 3.28. The van der Waals surface area contributed by atoms with E-state index < -0.39 is 6.61 Å². The molecule has 0 saturated carbocycles. The van der Waals surface area contributed by atoms with Crippen molar-refractivity contribution in [2.24, 2.45) is 0 Å². The highest BCUT2D eigenvalue weighted by Crippen LogP contribution is 2.30. The summed E-state index contributed by atoms with van der Waals surface area (Å²) in [6.45, 7) is 6.02. The van der Waals surface area contributed by atoms with Crippen molar-refractivity contribution >= 4 is 5.91 Å². The normalized spacial score (nSPS) is 10.3. The molecule has 1 N–H and O–H groups in total. The van der Waals surface area contributed by atoms with Gasteiger partial charge in [-0.3, -0.25) is 4.79 Å². The highest BCUT2D eigenvalue weighted by molar-refractivity contribution is 5.77. The smallest absolute Gasteiger partial charge is 0.248 e. The molecule has 0 saturated heterocycles. The van der Waals surface area contributed by atoms with Gasteiger partial charge in [-0.25, -0.2) is 0 Å². The Morgan fingerprint density at radius 3 is 2.44 bits per heavy atom. The molecular formula is C14H21NO3. The topological polar surface area (TPSA) is 49.8 Å². The number of hydrogen-bond acceptors (Lipinski definition) is 3. The molecule has 0 bridgehead atoms. The van der Waals surface area contributed by atoms with Crippen LogP contribution in [0.25, 0.3) is 0 Å². The van der Waals surface area contributed by atoms with Gasteiger partial charge in [0.05, 0.1) is 7.11 Å². The fourth-order valence-corrected chi connectivity index (χ4v) is 2.02. The average molecular weight is 251 g/mol. The summed E-state index contributed by atoms with van der Waals surface area (Å²) < 4.78 is 5.45. The number of aliphatic hydroxyl groups is 1. The third kappa shape index (κ3) is 2.82. The lowest BCUT2D eigenvalue weighted by atomic mass is 9.98. The molecule has 1 aromatic rings. The first-order valence-electron chi connectivity index (χ1n) is 5.90. The van der Waals surface area contributed by atoms with Gasteiger partial charge in [0.1, 0.15) is 12.4 Å². The first kappa shape index (κ1) is 14.5. The number of methoxy groups -OCH3 is 1. The number of carbonyl (C=O) groups excluding carboxylic acids is 1. The number of rotatable bonds is 4. The monoisotopic (exact) mass is 251 g/mol. The van der Waals surface area contributed by atoms with Crippen molar-refractivity contribution in [3.05, 3.63) is 28.3 Å². The largest absolute Gasteiger partial charge is 0.496 e. The molecule has 1 amide bonds. The summed E-state index contributed by atoms with van der Waals surface area (Å²) in [6.07, 6.45) is 0. The number of aryl methyl sites for hydroxylation is 2. The lowest BCUT2D eigenvalue weighted by Crippen LogP contribution is -2.29. The van der Waals surface area contributed by atoms with E-state index in [1.54, 1.807) is 14.2 Å². The van der Waals surface area contributed by atoms with Gasteiger partial charge in [0.15, 0.2) is 0 Å². The summed E-state index contributed by atoms with van der Waals surface area (Å²) in [5, 5.41) is 8.86. The van der Waals surface area contributed by atoms with Gasteiger partial charge in [-0.2, -0.15) is 0 Å². The maximum Gasteiger partial charge on any atom is 0.248 e. The van der Waals surface area contributed by atoms with E-state index in [4.69, 9.17) is 9.84 Å². The summed E-state index contributed by atoms with van der Waals surface area (Å²) in [4.78, 5) is 12.9. The number of benzene rings is 1. The molecule has 0 unspecified atom stereocenters.